The van der Waals surface area contributed by atoms with Gasteiger partial charge in [0.2, 0.25) is 0 Å². The van der Waals surface area contributed by atoms with Crippen molar-refractivity contribution in [3.8, 4) is 0 Å². The van der Waals surface area contributed by atoms with E-state index in [1.165, 1.54) is 0 Å². The van der Waals surface area contributed by atoms with Gasteiger partial charge in [0.05, 0.1) is 0 Å². The molecule has 118 valence electrons. The van der Waals surface area contributed by atoms with E-state index in [-0.39, 0.29) is 42.6 Å². The molecular formula is C19H19BiO3. The maximum absolute atomic E-state index is 12.4. The Labute approximate surface area is 151 Å². The molecule has 0 aliphatic heterocycles. The van der Waals surface area contributed by atoms with Gasteiger partial charge in [0.15, 0.2) is 0 Å². The second-order valence-electron chi connectivity index (χ2n) is 5.46. The molecule has 0 spiro atoms. The number of hydrogen-bond donors (Lipinski definition) is 0. The van der Waals surface area contributed by atoms with Crippen molar-refractivity contribution in [2.45, 2.75) is 13.8 Å². The summed E-state index contributed by atoms with van der Waals surface area (Å²) in [6, 6.07) is 16.3. The summed E-state index contributed by atoms with van der Waals surface area (Å²) in [4.78, 5) is 24.2. The van der Waals surface area contributed by atoms with Crippen LogP contribution in [0.3, 0.4) is 0 Å². The van der Waals surface area contributed by atoms with Crippen molar-refractivity contribution in [1.29, 1.82) is 0 Å². The van der Waals surface area contributed by atoms with Gasteiger partial charge in [-0.15, -0.1) is 0 Å². The third kappa shape index (κ3) is 4.59. The van der Waals surface area contributed by atoms with Gasteiger partial charge >= 0.3 is 152 Å². The van der Waals surface area contributed by atoms with E-state index >= 15 is 0 Å². The predicted molar refractivity (Wildman–Crippen MR) is 93.8 cm³/mol. The summed E-state index contributed by atoms with van der Waals surface area (Å²) in [7, 11) is 0. The van der Waals surface area contributed by atoms with E-state index in [1.54, 1.807) is 30.3 Å². The summed E-state index contributed by atoms with van der Waals surface area (Å²) in [5.41, 5.74) is 2.09. The molecule has 0 aromatic heterocycles. The number of carbonyl (C=O) groups excluding carboxylic acids is 2. The fourth-order valence-electron chi connectivity index (χ4n) is 2.02. The van der Waals surface area contributed by atoms with E-state index in [0.717, 1.165) is 5.56 Å². The first-order chi connectivity index (χ1) is 11.0. The van der Waals surface area contributed by atoms with Crippen LogP contribution < -0.4 is 0 Å². The molecule has 0 amide bonds. The number of hydrogen-bond acceptors (Lipinski definition) is 3. The average Bonchev–Trinajstić information content (AvgIpc) is 2.59. The monoisotopic (exact) mass is 504 g/mol. The van der Waals surface area contributed by atoms with E-state index in [2.05, 4.69) is 0 Å². The molecule has 0 radical (unpaired) electrons. The Morgan fingerprint density at radius 1 is 0.913 bits per heavy atom. The quantitative estimate of drug-likeness (QED) is 0.263. The molecule has 0 aliphatic rings. The molecule has 0 saturated carbocycles. The van der Waals surface area contributed by atoms with Crippen molar-refractivity contribution in [3.05, 3.63) is 77.4 Å². The summed E-state index contributed by atoms with van der Waals surface area (Å²) < 4.78 is 5.46. The van der Waals surface area contributed by atoms with Crippen LogP contribution in [0.2, 0.25) is 0 Å². The van der Waals surface area contributed by atoms with E-state index in [1.807, 2.05) is 44.2 Å². The summed E-state index contributed by atoms with van der Waals surface area (Å²) in [5, 5.41) is 0. The Bertz CT molecular complexity index is 716. The first kappa shape index (κ1) is 17.6. The van der Waals surface area contributed by atoms with Gasteiger partial charge in [-0.1, -0.05) is 0 Å². The maximum atomic E-state index is 12.4. The van der Waals surface area contributed by atoms with Crippen LogP contribution >= 0.6 is 0 Å². The molecule has 23 heavy (non-hydrogen) atoms. The molecule has 0 atom stereocenters. The molecule has 2 aromatic rings. The summed E-state index contributed by atoms with van der Waals surface area (Å²) in [6.45, 7) is 3.71. The third-order valence-electron chi connectivity index (χ3n) is 3.44. The SMILES string of the molecule is CC(C)C(=O)/C=C(/[O][BiH2])c1ccc(C(=O)c2ccccc2)cc1. The standard InChI is InChI=1S/C19H18O3.Bi.2H/c1-13(2)17(20)12-18(21)14-8-10-16(11-9-14)19(22)15-6-4-3-5-7-15;;;/h3-13,21H,1-2H3;;;/q;+1;;/p-1/b18-12+;;;. The molecule has 0 heterocycles. The van der Waals surface area contributed by atoms with Gasteiger partial charge in [0, 0.05) is 0 Å². The van der Waals surface area contributed by atoms with Crippen LogP contribution in [0.25, 0.3) is 5.76 Å². The van der Waals surface area contributed by atoms with Crippen molar-refractivity contribution in [2.75, 3.05) is 0 Å². The normalized spacial score (nSPS) is 11.4. The van der Waals surface area contributed by atoms with Crippen LogP contribution in [-0.2, 0) is 7.61 Å². The third-order valence-corrected chi connectivity index (χ3v) is 4.42. The van der Waals surface area contributed by atoms with Gasteiger partial charge in [-0.05, 0) is 0 Å². The molecule has 3 nitrogen and oxygen atoms in total. The van der Waals surface area contributed by atoms with Gasteiger partial charge in [-0.2, -0.15) is 0 Å². The Kier molecular flexibility index (Phi) is 6.23. The fraction of sp³-hybridized carbons (Fsp3) is 0.158. The second-order valence-corrected chi connectivity index (χ2v) is 6.37. The zero-order valence-electron chi connectivity index (χ0n) is 13.2. The van der Waals surface area contributed by atoms with Crippen LogP contribution in [0.4, 0.5) is 0 Å². The first-order valence-electron chi connectivity index (χ1n) is 7.35. The first-order valence-corrected chi connectivity index (χ1v) is 9.18. The molecule has 0 N–H and O–H groups in total. The summed E-state index contributed by atoms with van der Waals surface area (Å²) in [6.07, 6.45) is 1.54. The van der Waals surface area contributed by atoms with Gasteiger partial charge in [0.25, 0.3) is 0 Å². The van der Waals surface area contributed by atoms with Crippen LogP contribution in [0, 0.1) is 5.92 Å². The second kappa shape index (κ2) is 8.17. The Morgan fingerprint density at radius 3 is 1.96 bits per heavy atom. The Balaban J connectivity index is 2.25. The molecule has 2 aromatic carbocycles. The van der Waals surface area contributed by atoms with Crippen LogP contribution in [-0.4, -0.2) is 36.7 Å². The van der Waals surface area contributed by atoms with E-state index in [0.29, 0.717) is 16.9 Å². The number of carbonyl (C=O) groups is 2. The number of allylic oxidation sites excluding steroid dienone is 1. The molecule has 0 fully saturated rings. The zero-order chi connectivity index (χ0) is 16.8. The van der Waals surface area contributed by atoms with Crippen LogP contribution in [0.5, 0.6) is 0 Å². The van der Waals surface area contributed by atoms with Gasteiger partial charge in [-0.25, -0.2) is 0 Å². The molecule has 0 bridgehead atoms. The van der Waals surface area contributed by atoms with Gasteiger partial charge in [0.1, 0.15) is 0 Å². The van der Waals surface area contributed by atoms with Crippen LogP contribution in [0.1, 0.15) is 35.3 Å². The summed E-state index contributed by atoms with van der Waals surface area (Å²) in [5.74, 6) is 0.524. The topological polar surface area (TPSA) is 43.4 Å². The van der Waals surface area contributed by atoms with Gasteiger partial charge in [-0.3, -0.25) is 0 Å². The number of rotatable bonds is 6. The molecule has 0 unspecified atom stereocenters. The average molecular weight is 504 g/mol. The molecular weight excluding hydrogens is 485 g/mol. The molecule has 4 heteroatoms. The van der Waals surface area contributed by atoms with E-state index < -0.39 is 0 Å². The minimum absolute atomic E-state index is 0.0189. The summed E-state index contributed by atoms with van der Waals surface area (Å²) >= 11 is 0.289. The minimum atomic E-state index is -0.0657. The molecule has 2 rings (SSSR count). The van der Waals surface area contributed by atoms with Crippen molar-refractivity contribution in [3.63, 3.8) is 0 Å². The molecule has 0 aliphatic carbocycles. The Morgan fingerprint density at radius 2 is 1.43 bits per heavy atom. The number of benzene rings is 2. The van der Waals surface area contributed by atoms with E-state index in [9.17, 15) is 9.59 Å². The van der Waals surface area contributed by atoms with Crippen LogP contribution in [0.15, 0.2) is 60.7 Å². The predicted octanol–water partition coefficient (Wildman–Crippen LogP) is 3.05. The van der Waals surface area contributed by atoms with Crippen molar-refractivity contribution < 1.29 is 12.4 Å². The molecule has 0 saturated heterocycles. The number of ketones is 2. The fourth-order valence-corrected chi connectivity index (χ4v) is 2.82. The van der Waals surface area contributed by atoms with Crippen molar-refractivity contribution in [2.24, 2.45) is 5.92 Å². The Hall–Kier alpha value is -1.80. The van der Waals surface area contributed by atoms with Crippen molar-refractivity contribution in [1.82, 2.24) is 0 Å². The van der Waals surface area contributed by atoms with Gasteiger partial charge < -0.3 is 0 Å². The zero-order valence-corrected chi connectivity index (χ0v) is 17.6. The van der Waals surface area contributed by atoms with E-state index in [4.69, 9.17) is 2.81 Å². The van der Waals surface area contributed by atoms with Crippen molar-refractivity contribution >= 4 is 42.5 Å².